The van der Waals surface area contributed by atoms with E-state index in [2.05, 4.69) is 42.5 Å². The zero-order valence-corrected chi connectivity index (χ0v) is 14.1. The molecule has 1 heterocycles. The van der Waals surface area contributed by atoms with Gasteiger partial charge < -0.3 is 4.74 Å². The Morgan fingerprint density at radius 1 is 0.720 bits per heavy atom. The fourth-order valence-electron chi connectivity index (χ4n) is 3.15. The summed E-state index contributed by atoms with van der Waals surface area (Å²) in [6.45, 7) is 2.63. The molecule has 0 spiro atoms. The minimum Gasteiger partial charge on any atom is -0.492 e. The molecule has 122 valence electrons. The van der Waals surface area contributed by atoms with Crippen LogP contribution in [0.3, 0.4) is 0 Å². The van der Waals surface area contributed by atoms with Crippen LogP contribution in [0.2, 0.25) is 0 Å². The van der Waals surface area contributed by atoms with E-state index < -0.39 is 0 Å². The van der Waals surface area contributed by atoms with Crippen LogP contribution in [0.1, 0.15) is 6.92 Å². The van der Waals surface area contributed by atoms with Gasteiger partial charge in [0.25, 0.3) is 0 Å². The Morgan fingerprint density at radius 3 is 2.00 bits per heavy atom. The third-order valence-electron chi connectivity index (χ3n) is 4.24. The predicted molar refractivity (Wildman–Crippen MR) is 104 cm³/mol. The van der Waals surface area contributed by atoms with E-state index in [4.69, 9.17) is 9.72 Å². The Morgan fingerprint density at radius 2 is 1.32 bits per heavy atom. The molecule has 0 radical (unpaired) electrons. The minimum atomic E-state index is 0.613. The third kappa shape index (κ3) is 2.87. The summed E-state index contributed by atoms with van der Waals surface area (Å²) in [5.41, 5.74) is 5.15. The first-order chi connectivity index (χ1) is 12.4. The standard InChI is InChI=1S/C23H19NO/c1-2-25-23-19-15-9-10-16-20(19)24-22(18-13-7-4-8-14-18)21(23)17-11-5-3-6-12-17/h3-16H,2H2,1H3. The summed E-state index contributed by atoms with van der Waals surface area (Å²) in [5, 5.41) is 1.04. The van der Waals surface area contributed by atoms with Crippen LogP contribution in [-0.2, 0) is 0 Å². The molecular weight excluding hydrogens is 306 g/mol. The van der Waals surface area contributed by atoms with Crippen LogP contribution in [0.5, 0.6) is 5.75 Å². The van der Waals surface area contributed by atoms with Gasteiger partial charge in [-0.15, -0.1) is 0 Å². The van der Waals surface area contributed by atoms with Crippen molar-refractivity contribution >= 4 is 10.9 Å². The van der Waals surface area contributed by atoms with Gasteiger partial charge in [-0.25, -0.2) is 4.98 Å². The van der Waals surface area contributed by atoms with Gasteiger partial charge in [0.05, 0.1) is 23.4 Å². The quantitative estimate of drug-likeness (QED) is 0.461. The lowest BCUT2D eigenvalue weighted by atomic mass is 9.96. The summed E-state index contributed by atoms with van der Waals surface area (Å²) in [7, 11) is 0. The molecule has 0 aliphatic carbocycles. The SMILES string of the molecule is CCOc1c(-c2ccccc2)c(-c2ccccc2)nc2ccccc12. The Labute approximate surface area is 147 Å². The van der Waals surface area contributed by atoms with Crippen molar-refractivity contribution in [2.24, 2.45) is 0 Å². The smallest absolute Gasteiger partial charge is 0.138 e. The molecular formula is C23H19NO. The summed E-state index contributed by atoms with van der Waals surface area (Å²) in [6.07, 6.45) is 0. The molecule has 2 heteroatoms. The van der Waals surface area contributed by atoms with Gasteiger partial charge in [-0.1, -0.05) is 72.8 Å². The second-order valence-electron chi connectivity index (χ2n) is 5.85. The third-order valence-corrected chi connectivity index (χ3v) is 4.24. The molecule has 0 saturated heterocycles. The second-order valence-corrected chi connectivity index (χ2v) is 5.85. The van der Waals surface area contributed by atoms with Crippen LogP contribution in [-0.4, -0.2) is 11.6 Å². The van der Waals surface area contributed by atoms with E-state index in [9.17, 15) is 0 Å². The van der Waals surface area contributed by atoms with Gasteiger partial charge in [0.1, 0.15) is 5.75 Å². The topological polar surface area (TPSA) is 22.1 Å². The Bertz CT molecular complexity index is 994. The number of para-hydroxylation sites is 1. The van der Waals surface area contributed by atoms with Crippen molar-refractivity contribution in [2.75, 3.05) is 6.61 Å². The lowest BCUT2D eigenvalue weighted by molar-refractivity contribution is 0.345. The van der Waals surface area contributed by atoms with Crippen LogP contribution < -0.4 is 4.74 Å². The lowest BCUT2D eigenvalue weighted by Crippen LogP contribution is -2.00. The summed E-state index contributed by atoms with van der Waals surface area (Å²) < 4.78 is 6.13. The molecule has 4 aromatic rings. The van der Waals surface area contributed by atoms with E-state index in [0.29, 0.717) is 6.61 Å². The molecule has 0 saturated carbocycles. The maximum absolute atomic E-state index is 6.13. The molecule has 0 fully saturated rings. The van der Waals surface area contributed by atoms with E-state index in [1.165, 1.54) is 0 Å². The number of rotatable bonds is 4. The maximum Gasteiger partial charge on any atom is 0.138 e. The Balaban J connectivity index is 2.12. The van der Waals surface area contributed by atoms with Gasteiger partial charge in [-0.2, -0.15) is 0 Å². The van der Waals surface area contributed by atoms with Gasteiger partial charge in [-0.3, -0.25) is 0 Å². The lowest BCUT2D eigenvalue weighted by Gasteiger charge is -2.17. The molecule has 0 unspecified atom stereocenters. The van der Waals surface area contributed by atoms with E-state index in [1.54, 1.807) is 0 Å². The summed E-state index contributed by atoms with van der Waals surface area (Å²) in [6, 6.07) is 28.8. The molecule has 0 aliphatic heterocycles. The number of hydrogen-bond donors (Lipinski definition) is 0. The van der Waals surface area contributed by atoms with Crippen LogP contribution in [0.4, 0.5) is 0 Å². The molecule has 1 aromatic heterocycles. The molecule has 0 bridgehead atoms. The summed E-state index contributed by atoms with van der Waals surface area (Å²) in [5.74, 6) is 0.901. The first-order valence-corrected chi connectivity index (χ1v) is 8.55. The Hall–Kier alpha value is -3.13. The number of benzene rings is 3. The molecule has 2 nitrogen and oxygen atoms in total. The van der Waals surface area contributed by atoms with Crippen molar-refractivity contribution in [1.82, 2.24) is 4.98 Å². The van der Waals surface area contributed by atoms with Crippen molar-refractivity contribution in [3.05, 3.63) is 84.9 Å². The molecule has 0 aliphatic rings. The molecule has 4 rings (SSSR count). The maximum atomic E-state index is 6.13. The van der Waals surface area contributed by atoms with E-state index >= 15 is 0 Å². The highest BCUT2D eigenvalue weighted by atomic mass is 16.5. The van der Waals surface area contributed by atoms with Crippen molar-refractivity contribution < 1.29 is 4.74 Å². The van der Waals surface area contributed by atoms with E-state index in [-0.39, 0.29) is 0 Å². The monoisotopic (exact) mass is 325 g/mol. The first-order valence-electron chi connectivity index (χ1n) is 8.55. The van der Waals surface area contributed by atoms with Gasteiger partial charge in [0.2, 0.25) is 0 Å². The van der Waals surface area contributed by atoms with Gasteiger partial charge in [0, 0.05) is 10.9 Å². The van der Waals surface area contributed by atoms with E-state index in [1.807, 2.05) is 49.4 Å². The number of ether oxygens (including phenoxy) is 1. The zero-order chi connectivity index (χ0) is 17.1. The highest BCUT2D eigenvalue weighted by Gasteiger charge is 2.18. The van der Waals surface area contributed by atoms with Gasteiger partial charge >= 0.3 is 0 Å². The molecule has 0 amide bonds. The fraction of sp³-hybridized carbons (Fsp3) is 0.0870. The fourth-order valence-corrected chi connectivity index (χ4v) is 3.15. The van der Waals surface area contributed by atoms with E-state index in [0.717, 1.165) is 39.0 Å². The normalized spacial score (nSPS) is 10.8. The molecule has 3 aromatic carbocycles. The molecule has 25 heavy (non-hydrogen) atoms. The highest BCUT2D eigenvalue weighted by Crippen LogP contribution is 2.42. The van der Waals surface area contributed by atoms with Crippen molar-refractivity contribution in [3.8, 4) is 28.1 Å². The van der Waals surface area contributed by atoms with Gasteiger partial charge in [-0.05, 0) is 24.6 Å². The second kappa shape index (κ2) is 6.78. The number of pyridine rings is 1. The average Bonchev–Trinajstić information content (AvgIpc) is 2.69. The zero-order valence-electron chi connectivity index (χ0n) is 14.1. The number of aromatic nitrogens is 1. The van der Waals surface area contributed by atoms with Crippen LogP contribution in [0.15, 0.2) is 84.9 Å². The molecule has 0 atom stereocenters. The van der Waals surface area contributed by atoms with Crippen LogP contribution >= 0.6 is 0 Å². The number of hydrogen-bond acceptors (Lipinski definition) is 2. The average molecular weight is 325 g/mol. The number of fused-ring (bicyclic) bond motifs is 1. The van der Waals surface area contributed by atoms with Crippen molar-refractivity contribution in [3.63, 3.8) is 0 Å². The summed E-state index contributed by atoms with van der Waals surface area (Å²) >= 11 is 0. The van der Waals surface area contributed by atoms with Crippen molar-refractivity contribution in [2.45, 2.75) is 6.92 Å². The highest BCUT2D eigenvalue weighted by molar-refractivity contribution is 5.98. The summed E-state index contributed by atoms with van der Waals surface area (Å²) in [4.78, 5) is 4.98. The van der Waals surface area contributed by atoms with Crippen molar-refractivity contribution in [1.29, 1.82) is 0 Å². The predicted octanol–water partition coefficient (Wildman–Crippen LogP) is 5.97. The molecule has 0 N–H and O–H groups in total. The first kappa shape index (κ1) is 15.4. The van der Waals surface area contributed by atoms with Crippen LogP contribution in [0.25, 0.3) is 33.3 Å². The van der Waals surface area contributed by atoms with Gasteiger partial charge in [0.15, 0.2) is 0 Å². The number of nitrogens with zero attached hydrogens (tertiary/aromatic N) is 1. The minimum absolute atomic E-state index is 0.613. The largest absolute Gasteiger partial charge is 0.492 e. The van der Waals surface area contributed by atoms with Crippen LogP contribution in [0, 0.1) is 0 Å². The Kier molecular flexibility index (Phi) is 4.17.